The summed E-state index contributed by atoms with van der Waals surface area (Å²) < 4.78 is 0. The number of rotatable bonds is 3. The molecule has 2 aromatic heterocycles. The van der Waals surface area contributed by atoms with Gasteiger partial charge < -0.3 is 15.3 Å². The van der Waals surface area contributed by atoms with Gasteiger partial charge in [-0.25, -0.2) is 0 Å². The molecule has 1 fully saturated rings. The van der Waals surface area contributed by atoms with Gasteiger partial charge in [0.05, 0.1) is 11.6 Å². The van der Waals surface area contributed by atoms with E-state index in [0.717, 1.165) is 48.1 Å². The third-order valence-electron chi connectivity index (χ3n) is 4.90. The van der Waals surface area contributed by atoms with Crippen LogP contribution in [0.4, 0.5) is 5.82 Å². The van der Waals surface area contributed by atoms with Crippen molar-refractivity contribution >= 4 is 34.7 Å². The Morgan fingerprint density at radius 3 is 2.87 bits per heavy atom. The average molecular weight is 425 g/mol. The van der Waals surface area contributed by atoms with Gasteiger partial charge in [-0.1, -0.05) is 11.6 Å². The van der Waals surface area contributed by atoms with Gasteiger partial charge in [-0.05, 0) is 50.7 Å². The highest BCUT2D eigenvalue weighted by molar-refractivity contribution is 6.30. The zero-order valence-corrected chi connectivity index (χ0v) is 17.2. The number of anilines is 1. The number of likely N-dealkylation sites (tertiary alicyclic amines) is 1. The number of benzene rings is 1. The minimum atomic E-state index is -0.250. The summed E-state index contributed by atoms with van der Waals surface area (Å²) in [5.74, 6) is 0.731. The summed E-state index contributed by atoms with van der Waals surface area (Å²) in [6, 6.07) is 9.66. The molecule has 1 aromatic carbocycles. The van der Waals surface area contributed by atoms with Crippen LogP contribution in [0.3, 0.4) is 0 Å². The number of likely N-dealkylation sites (N-methyl/N-ethyl adjacent to an activating group) is 1. The van der Waals surface area contributed by atoms with Crippen molar-refractivity contribution in [3.8, 4) is 17.3 Å². The molecule has 0 saturated carbocycles. The maximum absolute atomic E-state index is 9.49. The highest BCUT2D eigenvalue weighted by atomic mass is 35.5. The predicted octanol–water partition coefficient (Wildman–Crippen LogP) is 3.42. The van der Waals surface area contributed by atoms with Crippen LogP contribution in [-0.4, -0.2) is 57.8 Å². The maximum atomic E-state index is 9.49. The van der Waals surface area contributed by atoms with E-state index in [1.54, 1.807) is 24.5 Å². The number of fused-ring (bicyclic) bond motifs is 1. The van der Waals surface area contributed by atoms with Crippen molar-refractivity contribution in [2.45, 2.75) is 18.9 Å². The first-order valence-corrected chi connectivity index (χ1v) is 9.78. The molecule has 3 heterocycles. The molecule has 2 N–H and O–H groups in total. The van der Waals surface area contributed by atoms with Crippen LogP contribution >= 0.6 is 11.6 Å². The number of nitrogens with zero attached hydrogens (tertiary/aromatic N) is 5. The molecule has 9 heteroatoms. The largest absolute Gasteiger partial charge is 0.483 e. The topological polar surface area (TPSA) is 115 Å². The molecular formula is C21H21ClN6O2. The normalized spacial score (nSPS) is 16.2. The van der Waals surface area contributed by atoms with Crippen LogP contribution in [0.25, 0.3) is 22.0 Å². The number of hydrogen-bond acceptors (Lipinski definition) is 7. The number of hydrogen-bond donors (Lipinski definition) is 2. The van der Waals surface area contributed by atoms with Crippen molar-refractivity contribution in [1.29, 1.82) is 5.26 Å². The molecular weight excluding hydrogens is 404 g/mol. The number of pyridine rings is 1. The second-order valence-corrected chi connectivity index (χ2v) is 7.41. The lowest BCUT2D eigenvalue weighted by Gasteiger charge is -2.30. The first-order chi connectivity index (χ1) is 14.6. The molecule has 1 saturated heterocycles. The summed E-state index contributed by atoms with van der Waals surface area (Å²) in [5.41, 5.74) is 1.85. The van der Waals surface area contributed by atoms with Crippen LogP contribution in [0, 0.1) is 11.3 Å². The number of nitrogens with one attached hydrogen (secondary N) is 1. The fraction of sp³-hybridized carbons (Fsp3) is 0.286. The molecule has 0 aliphatic carbocycles. The van der Waals surface area contributed by atoms with Gasteiger partial charge in [0.15, 0.2) is 5.82 Å². The van der Waals surface area contributed by atoms with E-state index in [9.17, 15) is 5.26 Å². The molecule has 8 nitrogen and oxygen atoms in total. The zero-order valence-electron chi connectivity index (χ0n) is 16.4. The van der Waals surface area contributed by atoms with Crippen molar-refractivity contribution in [3.63, 3.8) is 0 Å². The first kappa shape index (κ1) is 21.4. The minimum Gasteiger partial charge on any atom is -0.483 e. The van der Waals surface area contributed by atoms with Gasteiger partial charge in [0, 0.05) is 46.3 Å². The fourth-order valence-electron chi connectivity index (χ4n) is 3.60. The van der Waals surface area contributed by atoms with E-state index in [1.807, 2.05) is 12.1 Å². The molecule has 154 valence electrons. The van der Waals surface area contributed by atoms with E-state index >= 15 is 0 Å². The Bertz CT molecular complexity index is 1080. The Morgan fingerprint density at radius 2 is 2.13 bits per heavy atom. The Kier molecular flexibility index (Phi) is 7.12. The van der Waals surface area contributed by atoms with Gasteiger partial charge in [0.25, 0.3) is 6.47 Å². The number of carbonyl (C=O) groups is 1. The van der Waals surface area contributed by atoms with E-state index in [-0.39, 0.29) is 6.47 Å². The summed E-state index contributed by atoms with van der Waals surface area (Å²) in [4.78, 5) is 14.9. The van der Waals surface area contributed by atoms with Gasteiger partial charge in [0.2, 0.25) is 0 Å². The average Bonchev–Trinajstić information content (AvgIpc) is 2.75. The highest BCUT2D eigenvalue weighted by Crippen LogP contribution is 2.32. The van der Waals surface area contributed by atoms with Crippen molar-refractivity contribution in [1.82, 2.24) is 20.1 Å². The van der Waals surface area contributed by atoms with Crippen LogP contribution in [-0.2, 0) is 4.79 Å². The van der Waals surface area contributed by atoms with Gasteiger partial charge in [-0.3, -0.25) is 9.78 Å². The summed E-state index contributed by atoms with van der Waals surface area (Å²) in [6.07, 6.45) is 5.79. The molecule has 3 aromatic rings. The van der Waals surface area contributed by atoms with Crippen LogP contribution in [0.1, 0.15) is 18.4 Å². The van der Waals surface area contributed by atoms with Crippen LogP contribution < -0.4 is 5.32 Å². The molecule has 0 spiro atoms. The fourth-order valence-corrected chi connectivity index (χ4v) is 3.77. The van der Waals surface area contributed by atoms with E-state index in [2.05, 4.69) is 38.5 Å². The molecule has 4 rings (SSSR count). The van der Waals surface area contributed by atoms with Crippen molar-refractivity contribution in [2.75, 3.05) is 25.5 Å². The molecule has 1 aliphatic rings. The van der Waals surface area contributed by atoms with Crippen LogP contribution in [0.5, 0.6) is 0 Å². The van der Waals surface area contributed by atoms with Gasteiger partial charge >= 0.3 is 0 Å². The minimum absolute atomic E-state index is 0.250. The smallest absolute Gasteiger partial charge is 0.290 e. The number of carboxylic acid groups (broad SMARTS) is 1. The van der Waals surface area contributed by atoms with Gasteiger partial charge in [0.1, 0.15) is 5.69 Å². The lowest BCUT2D eigenvalue weighted by atomic mass is 10.0. The van der Waals surface area contributed by atoms with E-state index in [4.69, 9.17) is 21.5 Å². The number of nitriles is 1. The molecule has 0 bridgehead atoms. The highest BCUT2D eigenvalue weighted by Gasteiger charge is 2.20. The lowest BCUT2D eigenvalue weighted by molar-refractivity contribution is -0.122. The van der Waals surface area contributed by atoms with E-state index in [0.29, 0.717) is 22.3 Å². The Hall–Kier alpha value is -3.28. The number of halogens is 1. The Morgan fingerprint density at radius 1 is 1.33 bits per heavy atom. The molecule has 1 aliphatic heterocycles. The Balaban J connectivity index is 0.000000806. The number of aromatic nitrogens is 3. The van der Waals surface area contributed by atoms with Crippen molar-refractivity contribution in [2.24, 2.45) is 0 Å². The monoisotopic (exact) mass is 424 g/mol. The standard InChI is InChI=1S/C20H19ClN6.CH2O2/c1-27-8-2-3-15(12-27)24-20-18-11-23-7-6-17(18)19(25-26-20)16-5-4-14(21)9-13(16)10-22;2-1-3/h4-7,9,11,15H,2-3,8,12H2,1H3,(H,24,26);1H,(H,2,3)/t15-;/m1./s1. The zero-order chi connectivity index (χ0) is 21.5. The van der Waals surface area contributed by atoms with Crippen molar-refractivity contribution < 1.29 is 9.90 Å². The third-order valence-corrected chi connectivity index (χ3v) is 5.14. The second-order valence-electron chi connectivity index (χ2n) is 6.97. The van der Waals surface area contributed by atoms with Gasteiger partial charge in [-0.2, -0.15) is 5.26 Å². The maximum Gasteiger partial charge on any atom is 0.290 e. The predicted molar refractivity (Wildman–Crippen MR) is 115 cm³/mol. The van der Waals surface area contributed by atoms with Gasteiger partial charge in [-0.15, -0.1) is 10.2 Å². The number of piperidine rings is 1. The quantitative estimate of drug-likeness (QED) is 0.614. The molecule has 1 atom stereocenters. The molecule has 0 radical (unpaired) electrons. The summed E-state index contributed by atoms with van der Waals surface area (Å²) >= 11 is 6.04. The van der Waals surface area contributed by atoms with E-state index in [1.165, 1.54) is 0 Å². The third kappa shape index (κ3) is 4.82. The molecule has 0 unspecified atom stereocenters. The SMILES string of the molecule is CN1CCC[C@@H](Nc2nnc(-c3ccc(Cl)cc3C#N)c3ccncc23)C1.O=CO. The summed E-state index contributed by atoms with van der Waals surface area (Å²) in [5, 5.41) is 31.1. The summed E-state index contributed by atoms with van der Waals surface area (Å²) in [7, 11) is 2.13. The lowest BCUT2D eigenvalue weighted by Crippen LogP contribution is -2.40. The first-order valence-electron chi connectivity index (χ1n) is 9.40. The summed E-state index contributed by atoms with van der Waals surface area (Å²) in [6.45, 7) is 1.85. The van der Waals surface area contributed by atoms with Crippen LogP contribution in [0.15, 0.2) is 36.7 Å². The Labute approximate surface area is 179 Å². The second kappa shape index (κ2) is 9.96. The molecule has 0 amide bonds. The van der Waals surface area contributed by atoms with Crippen molar-refractivity contribution in [3.05, 3.63) is 47.2 Å². The van der Waals surface area contributed by atoms with E-state index < -0.39 is 0 Å². The molecule has 30 heavy (non-hydrogen) atoms. The van der Waals surface area contributed by atoms with Crippen LogP contribution in [0.2, 0.25) is 5.02 Å².